The number of amides is 2. The molecule has 2 rings (SSSR count). The molecule has 0 radical (unpaired) electrons. The summed E-state index contributed by atoms with van der Waals surface area (Å²) < 4.78 is 0. The van der Waals surface area contributed by atoms with E-state index < -0.39 is 0 Å². The van der Waals surface area contributed by atoms with E-state index in [1.807, 2.05) is 36.1 Å². The molecule has 1 aromatic carbocycles. The second-order valence-corrected chi connectivity index (χ2v) is 5.54. The number of urea groups is 1. The number of anilines is 1. The number of carbonyl (C=O) groups excluding carboxylic acids is 1. The molecule has 1 unspecified atom stereocenters. The molecule has 20 heavy (non-hydrogen) atoms. The quantitative estimate of drug-likeness (QED) is 0.887. The molecule has 0 saturated carbocycles. The van der Waals surface area contributed by atoms with Gasteiger partial charge in [-0.25, -0.2) is 4.79 Å². The fourth-order valence-electron chi connectivity index (χ4n) is 2.60. The highest BCUT2D eigenvalue weighted by Gasteiger charge is 2.23. The van der Waals surface area contributed by atoms with Gasteiger partial charge in [-0.2, -0.15) is 0 Å². The summed E-state index contributed by atoms with van der Waals surface area (Å²) in [5.74, 6) is 0. The number of rotatable bonds is 4. The zero-order valence-corrected chi connectivity index (χ0v) is 12.5. The van der Waals surface area contributed by atoms with Crippen molar-refractivity contribution in [3.63, 3.8) is 0 Å². The Kier molecular flexibility index (Phi) is 5.41. The number of nitrogens with zero attached hydrogens (tertiary/aromatic N) is 1. The third-order valence-corrected chi connectivity index (χ3v) is 3.66. The number of aryl methyl sites for hydroxylation is 1. The van der Waals surface area contributed by atoms with Crippen molar-refractivity contribution in [2.75, 3.05) is 25.0 Å². The number of carbonyl (C=O) groups is 1. The second-order valence-electron chi connectivity index (χ2n) is 5.54. The van der Waals surface area contributed by atoms with Gasteiger partial charge in [-0.1, -0.05) is 19.1 Å². The Hall–Kier alpha value is -1.55. The van der Waals surface area contributed by atoms with Gasteiger partial charge in [-0.15, -0.1) is 0 Å². The highest BCUT2D eigenvalue weighted by molar-refractivity contribution is 5.89. The number of hydrogen-bond donors (Lipinski definition) is 2. The van der Waals surface area contributed by atoms with Crippen molar-refractivity contribution in [3.05, 3.63) is 29.8 Å². The van der Waals surface area contributed by atoms with E-state index in [4.69, 9.17) is 0 Å². The van der Waals surface area contributed by atoms with Gasteiger partial charge in [-0.3, -0.25) is 0 Å². The van der Waals surface area contributed by atoms with E-state index in [0.717, 1.165) is 50.1 Å². The highest BCUT2D eigenvalue weighted by Crippen LogP contribution is 2.14. The third kappa shape index (κ3) is 4.23. The Labute approximate surface area is 121 Å². The molecule has 1 atom stereocenters. The van der Waals surface area contributed by atoms with Gasteiger partial charge in [0.2, 0.25) is 0 Å². The van der Waals surface area contributed by atoms with Crippen LogP contribution in [-0.2, 0) is 0 Å². The second kappa shape index (κ2) is 7.29. The molecule has 2 N–H and O–H groups in total. The van der Waals surface area contributed by atoms with E-state index in [1.54, 1.807) is 0 Å². The molecule has 1 aliphatic heterocycles. The Bertz CT molecular complexity index is 447. The summed E-state index contributed by atoms with van der Waals surface area (Å²) in [5.41, 5.74) is 2.03. The fourth-order valence-corrected chi connectivity index (χ4v) is 2.60. The smallest absolute Gasteiger partial charge is 0.321 e. The third-order valence-electron chi connectivity index (χ3n) is 3.66. The minimum Gasteiger partial charge on any atom is -0.323 e. The van der Waals surface area contributed by atoms with Gasteiger partial charge in [0.25, 0.3) is 0 Å². The van der Waals surface area contributed by atoms with Crippen LogP contribution in [0.15, 0.2) is 24.3 Å². The minimum atomic E-state index is 0.0126. The Balaban J connectivity index is 1.88. The van der Waals surface area contributed by atoms with Gasteiger partial charge < -0.3 is 15.5 Å². The van der Waals surface area contributed by atoms with Crippen molar-refractivity contribution in [1.82, 2.24) is 10.2 Å². The van der Waals surface area contributed by atoms with Gasteiger partial charge in [-0.05, 0) is 50.4 Å². The normalized spacial score (nSPS) is 18.9. The maximum atomic E-state index is 12.3. The number of hydrogen-bond acceptors (Lipinski definition) is 2. The first-order valence-corrected chi connectivity index (χ1v) is 7.55. The number of benzene rings is 1. The molecular formula is C16H25N3O. The molecule has 1 saturated heterocycles. The first-order chi connectivity index (χ1) is 9.69. The number of nitrogens with one attached hydrogen (secondary N) is 2. The Morgan fingerprint density at radius 2 is 2.30 bits per heavy atom. The fraction of sp³-hybridized carbons (Fsp3) is 0.562. The van der Waals surface area contributed by atoms with Crippen molar-refractivity contribution in [1.29, 1.82) is 0 Å². The van der Waals surface area contributed by atoms with Gasteiger partial charge >= 0.3 is 6.03 Å². The molecule has 1 fully saturated rings. The van der Waals surface area contributed by atoms with E-state index in [2.05, 4.69) is 17.6 Å². The average Bonchev–Trinajstić information content (AvgIpc) is 2.45. The first kappa shape index (κ1) is 14.9. The Morgan fingerprint density at radius 1 is 1.45 bits per heavy atom. The van der Waals surface area contributed by atoms with E-state index in [1.165, 1.54) is 0 Å². The Morgan fingerprint density at radius 3 is 3.05 bits per heavy atom. The maximum absolute atomic E-state index is 12.3. The lowest BCUT2D eigenvalue weighted by atomic mass is 10.1. The largest absolute Gasteiger partial charge is 0.323 e. The summed E-state index contributed by atoms with van der Waals surface area (Å²) in [5, 5.41) is 6.50. The van der Waals surface area contributed by atoms with Crippen molar-refractivity contribution in [3.8, 4) is 0 Å². The molecule has 0 spiro atoms. The van der Waals surface area contributed by atoms with E-state index in [0.29, 0.717) is 6.04 Å². The van der Waals surface area contributed by atoms with E-state index in [-0.39, 0.29) is 6.03 Å². The molecular weight excluding hydrogens is 250 g/mol. The predicted molar refractivity (Wildman–Crippen MR) is 83.1 cm³/mol. The van der Waals surface area contributed by atoms with Crippen LogP contribution in [0.5, 0.6) is 0 Å². The summed E-state index contributed by atoms with van der Waals surface area (Å²) in [4.78, 5) is 14.2. The van der Waals surface area contributed by atoms with Crippen LogP contribution in [0.1, 0.15) is 31.7 Å². The molecule has 0 bridgehead atoms. The monoisotopic (exact) mass is 275 g/mol. The molecule has 2 amide bonds. The average molecular weight is 275 g/mol. The molecule has 4 nitrogen and oxygen atoms in total. The van der Waals surface area contributed by atoms with Gasteiger partial charge in [0, 0.05) is 24.8 Å². The highest BCUT2D eigenvalue weighted by atomic mass is 16.2. The summed E-state index contributed by atoms with van der Waals surface area (Å²) >= 11 is 0. The summed E-state index contributed by atoms with van der Waals surface area (Å²) in [6.07, 6.45) is 3.36. The van der Waals surface area contributed by atoms with Gasteiger partial charge in [0.15, 0.2) is 0 Å². The van der Waals surface area contributed by atoms with Crippen molar-refractivity contribution >= 4 is 11.7 Å². The lowest BCUT2D eigenvalue weighted by Crippen LogP contribution is -2.49. The molecule has 1 aromatic rings. The van der Waals surface area contributed by atoms with E-state index in [9.17, 15) is 4.79 Å². The standard InChI is InChI=1S/C16H25N3O/c1-3-9-17-15-8-5-10-19(12-15)16(20)18-14-7-4-6-13(2)11-14/h4,6-7,11,15,17H,3,5,8-10,12H2,1-2H3,(H,18,20). The van der Waals surface area contributed by atoms with Crippen LogP contribution < -0.4 is 10.6 Å². The lowest BCUT2D eigenvalue weighted by molar-refractivity contribution is 0.185. The summed E-state index contributed by atoms with van der Waals surface area (Å²) in [7, 11) is 0. The topological polar surface area (TPSA) is 44.4 Å². The molecule has 1 aliphatic rings. The summed E-state index contributed by atoms with van der Waals surface area (Å²) in [6, 6.07) is 8.37. The number of piperidine rings is 1. The van der Waals surface area contributed by atoms with Crippen molar-refractivity contribution in [2.45, 2.75) is 39.2 Å². The van der Waals surface area contributed by atoms with Crippen LogP contribution in [0.4, 0.5) is 10.5 Å². The van der Waals surface area contributed by atoms with Crippen molar-refractivity contribution < 1.29 is 4.79 Å². The van der Waals surface area contributed by atoms with Crippen LogP contribution in [0, 0.1) is 6.92 Å². The zero-order valence-electron chi connectivity index (χ0n) is 12.5. The molecule has 4 heteroatoms. The summed E-state index contributed by atoms with van der Waals surface area (Å²) in [6.45, 7) is 6.87. The van der Waals surface area contributed by atoms with Crippen LogP contribution in [0.2, 0.25) is 0 Å². The number of likely N-dealkylation sites (tertiary alicyclic amines) is 1. The van der Waals surface area contributed by atoms with Crippen LogP contribution in [-0.4, -0.2) is 36.6 Å². The molecule has 1 heterocycles. The molecule has 110 valence electrons. The van der Waals surface area contributed by atoms with E-state index >= 15 is 0 Å². The van der Waals surface area contributed by atoms with Crippen LogP contribution in [0.3, 0.4) is 0 Å². The van der Waals surface area contributed by atoms with Crippen LogP contribution >= 0.6 is 0 Å². The SMILES string of the molecule is CCCNC1CCCN(C(=O)Nc2cccc(C)c2)C1. The minimum absolute atomic E-state index is 0.0126. The van der Waals surface area contributed by atoms with Gasteiger partial charge in [0.1, 0.15) is 0 Å². The lowest BCUT2D eigenvalue weighted by Gasteiger charge is -2.33. The zero-order chi connectivity index (χ0) is 14.4. The molecule has 0 aromatic heterocycles. The van der Waals surface area contributed by atoms with Crippen molar-refractivity contribution in [2.24, 2.45) is 0 Å². The van der Waals surface area contributed by atoms with Crippen LogP contribution in [0.25, 0.3) is 0 Å². The predicted octanol–water partition coefficient (Wildman–Crippen LogP) is 2.99. The maximum Gasteiger partial charge on any atom is 0.321 e. The first-order valence-electron chi connectivity index (χ1n) is 7.55. The molecule has 0 aliphatic carbocycles. The van der Waals surface area contributed by atoms with Gasteiger partial charge in [0.05, 0.1) is 0 Å².